The van der Waals surface area contributed by atoms with E-state index in [-0.39, 0.29) is 17.1 Å². The number of hydrogen-bond donors (Lipinski definition) is 0. The third-order valence-corrected chi connectivity index (χ3v) is 5.49. The van der Waals surface area contributed by atoms with E-state index < -0.39 is 5.82 Å². The van der Waals surface area contributed by atoms with Crippen LogP contribution in [0.3, 0.4) is 0 Å². The van der Waals surface area contributed by atoms with E-state index in [9.17, 15) is 14.0 Å². The molecule has 130 valence electrons. The van der Waals surface area contributed by atoms with Gasteiger partial charge in [-0.15, -0.1) is 11.8 Å². The molecule has 1 aliphatic rings. The van der Waals surface area contributed by atoms with Gasteiger partial charge in [0.15, 0.2) is 0 Å². The van der Waals surface area contributed by atoms with Crippen LogP contribution in [0.1, 0.15) is 35.2 Å². The Morgan fingerprint density at radius 3 is 2.64 bits per heavy atom. The largest absolute Gasteiger partial charge is 0.278 e. The summed E-state index contributed by atoms with van der Waals surface area (Å²) in [6, 6.07) is 13.4. The lowest BCUT2D eigenvalue weighted by atomic mass is 10.2. The lowest BCUT2D eigenvalue weighted by Crippen LogP contribution is -2.41. The first-order chi connectivity index (χ1) is 12.0. The number of benzene rings is 2. The zero-order valence-electron chi connectivity index (χ0n) is 14.1. The fourth-order valence-corrected chi connectivity index (χ4v) is 4.17. The van der Waals surface area contributed by atoms with Crippen molar-refractivity contribution in [3.63, 3.8) is 0 Å². The molecule has 1 atom stereocenters. The van der Waals surface area contributed by atoms with Crippen molar-refractivity contribution in [3.8, 4) is 0 Å². The molecule has 1 aliphatic heterocycles. The van der Waals surface area contributed by atoms with Crippen molar-refractivity contribution in [1.29, 1.82) is 0 Å². The molecular weight excluding hydrogens is 337 g/mol. The number of hydrogen-bond acceptors (Lipinski definition) is 3. The molecule has 0 aromatic heterocycles. The van der Waals surface area contributed by atoms with Gasteiger partial charge in [-0.3, -0.25) is 14.5 Å². The lowest BCUT2D eigenvalue weighted by Gasteiger charge is -2.22. The Kier molecular flexibility index (Phi) is 5.53. The number of nitrogens with zero attached hydrogens (tertiary/aromatic N) is 1. The molecule has 0 radical (unpaired) electrons. The lowest BCUT2D eigenvalue weighted by molar-refractivity contribution is -0.127. The van der Waals surface area contributed by atoms with E-state index in [4.69, 9.17) is 0 Å². The van der Waals surface area contributed by atoms with Gasteiger partial charge in [-0.05, 0) is 56.2 Å². The number of carbonyl (C=O) groups is 2. The minimum atomic E-state index is -0.397. The monoisotopic (exact) mass is 357 g/mol. The van der Waals surface area contributed by atoms with Crippen molar-refractivity contribution in [2.75, 3.05) is 6.54 Å². The number of thioether (sulfide) groups is 1. The van der Waals surface area contributed by atoms with Gasteiger partial charge < -0.3 is 0 Å². The Bertz CT molecular complexity index is 776. The molecule has 5 heteroatoms. The van der Waals surface area contributed by atoms with E-state index in [0.29, 0.717) is 12.1 Å². The van der Waals surface area contributed by atoms with Gasteiger partial charge in [0.1, 0.15) is 5.82 Å². The SMILES string of the molecule is Cc1cccc(S[C@@H]2CCCCN(C(=O)c3ccc(F)cc3)C2=O)c1. The second-order valence-electron chi connectivity index (χ2n) is 6.22. The van der Waals surface area contributed by atoms with Crippen LogP contribution >= 0.6 is 11.8 Å². The molecule has 2 amide bonds. The molecule has 1 fully saturated rings. The summed E-state index contributed by atoms with van der Waals surface area (Å²) in [5, 5.41) is -0.270. The summed E-state index contributed by atoms with van der Waals surface area (Å²) in [5.41, 5.74) is 1.49. The molecule has 0 spiro atoms. The molecule has 0 N–H and O–H groups in total. The highest BCUT2D eigenvalue weighted by atomic mass is 32.2. The number of rotatable bonds is 3. The molecule has 0 aliphatic carbocycles. The fraction of sp³-hybridized carbons (Fsp3) is 0.300. The van der Waals surface area contributed by atoms with Crippen molar-refractivity contribution in [2.45, 2.75) is 36.3 Å². The number of carbonyl (C=O) groups excluding carboxylic acids is 2. The maximum absolute atomic E-state index is 13.1. The Hall–Kier alpha value is -2.14. The summed E-state index contributed by atoms with van der Waals surface area (Å²) in [6.45, 7) is 2.43. The molecule has 2 aromatic rings. The fourth-order valence-electron chi connectivity index (χ4n) is 2.92. The Labute approximate surface area is 151 Å². The molecule has 0 bridgehead atoms. The van der Waals surface area contributed by atoms with Crippen LogP contribution in [-0.4, -0.2) is 28.5 Å². The summed E-state index contributed by atoms with van der Waals surface area (Å²) in [6.07, 6.45) is 2.45. The zero-order valence-corrected chi connectivity index (χ0v) is 14.9. The first kappa shape index (κ1) is 17.7. The number of aryl methyl sites for hydroxylation is 1. The van der Waals surface area contributed by atoms with Gasteiger partial charge in [-0.2, -0.15) is 0 Å². The van der Waals surface area contributed by atoms with Gasteiger partial charge in [-0.25, -0.2) is 4.39 Å². The molecule has 3 nitrogen and oxygen atoms in total. The highest BCUT2D eigenvalue weighted by Gasteiger charge is 2.32. The Balaban J connectivity index is 1.79. The van der Waals surface area contributed by atoms with Crippen molar-refractivity contribution in [1.82, 2.24) is 4.90 Å². The summed E-state index contributed by atoms with van der Waals surface area (Å²) in [5.74, 6) is -0.897. The summed E-state index contributed by atoms with van der Waals surface area (Å²) < 4.78 is 13.1. The number of amides is 2. The van der Waals surface area contributed by atoms with Crippen LogP contribution in [0.5, 0.6) is 0 Å². The number of likely N-dealkylation sites (tertiary alicyclic amines) is 1. The van der Waals surface area contributed by atoms with Crippen molar-refractivity contribution < 1.29 is 14.0 Å². The summed E-state index contributed by atoms with van der Waals surface area (Å²) in [4.78, 5) is 28.0. The van der Waals surface area contributed by atoms with Gasteiger partial charge in [0, 0.05) is 17.0 Å². The molecule has 2 aromatic carbocycles. The van der Waals surface area contributed by atoms with Gasteiger partial charge >= 0.3 is 0 Å². The van der Waals surface area contributed by atoms with Crippen LogP contribution in [0.4, 0.5) is 4.39 Å². The van der Waals surface area contributed by atoms with Gasteiger partial charge in [0.05, 0.1) is 5.25 Å². The molecule has 0 unspecified atom stereocenters. The van der Waals surface area contributed by atoms with Gasteiger partial charge in [0.25, 0.3) is 5.91 Å². The quantitative estimate of drug-likeness (QED) is 0.762. The van der Waals surface area contributed by atoms with E-state index in [1.165, 1.54) is 40.9 Å². The molecule has 25 heavy (non-hydrogen) atoms. The van der Waals surface area contributed by atoms with E-state index in [1.807, 2.05) is 25.1 Å². The smallest absolute Gasteiger partial charge is 0.260 e. The average Bonchev–Trinajstić information content (AvgIpc) is 2.77. The summed E-state index contributed by atoms with van der Waals surface area (Å²) >= 11 is 1.52. The van der Waals surface area contributed by atoms with Crippen molar-refractivity contribution >= 4 is 23.6 Å². The number of imide groups is 1. The van der Waals surface area contributed by atoms with E-state index in [1.54, 1.807) is 0 Å². The van der Waals surface area contributed by atoms with Crippen LogP contribution < -0.4 is 0 Å². The molecular formula is C20H20FNO2S. The highest BCUT2D eigenvalue weighted by Crippen LogP contribution is 2.31. The second-order valence-corrected chi connectivity index (χ2v) is 7.50. The van der Waals surface area contributed by atoms with Gasteiger partial charge in [0.2, 0.25) is 5.91 Å². The average molecular weight is 357 g/mol. The van der Waals surface area contributed by atoms with Crippen LogP contribution in [-0.2, 0) is 4.79 Å². The topological polar surface area (TPSA) is 37.4 Å². The van der Waals surface area contributed by atoms with Crippen LogP contribution in [0.15, 0.2) is 53.4 Å². The standard InChI is InChI=1S/C20H20FNO2S/c1-14-5-4-6-17(13-14)25-18-7-2-3-12-22(20(18)24)19(23)15-8-10-16(21)11-9-15/h4-6,8-11,13,18H,2-3,7,12H2,1H3/t18-/m1/s1. The molecule has 1 saturated heterocycles. The van der Waals surface area contributed by atoms with Crippen LogP contribution in [0.2, 0.25) is 0 Å². The summed E-state index contributed by atoms with van der Waals surface area (Å²) in [7, 11) is 0. The van der Waals surface area contributed by atoms with E-state index in [2.05, 4.69) is 6.07 Å². The molecule has 1 heterocycles. The predicted octanol–water partition coefficient (Wildman–Crippen LogP) is 4.45. The van der Waals surface area contributed by atoms with Crippen LogP contribution in [0, 0.1) is 12.7 Å². The maximum Gasteiger partial charge on any atom is 0.260 e. The van der Waals surface area contributed by atoms with Crippen LogP contribution in [0.25, 0.3) is 0 Å². The Morgan fingerprint density at radius 2 is 1.92 bits per heavy atom. The second kappa shape index (κ2) is 7.83. The maximum atomic E-state index is 13.1. The minimum Gasteiger partial charge on any atom is -0.278 e. The third-order valence-electron chi connectivity index (χ3n) is 4.24. The van der Waals surface area contributed by atoms with E-state index >= 15 is 0 Å². The minimum absolute atomic E-state index is 0.154. The zero-order chi connectivity index (χ0) is 17.8. The van der Waals surface area contributed by atoms with Crippen molar-refractivity contribution in [2.24, 2.45) is 0 Å². The normalized spacial score (nSPS) is 18.1. The first-order valence-corrected chi connectivity index (χ1v) is 9.27. The molecule has 0 saturated carbocycles. The first-order valence-electron chi connectivity index (χ1n) is 8.39. The predicted molar refractivity (Wildman–Crippen MR) is 97.1 cm³/mol. The Morgan fingerprint density at radius 1 is 1.16 bits per heavy atom. The molecule has 3 rings (SSSR count). The van der Waals surface area contributed by atoms with E-state index in [0.717, 1.165) is 29.7 Å². The highest BCUT2D eigenvalue weighted by molar-refractivity contribution is 8.00. The number of halogens is 1. The van der Waals surface area contributed by atoms with Crippen molar-refractivity contribution in [3.05, 3.63) is 65.5 Å². The van der Waals surface area contributed by atoms with Gasteiger partial charge in [-0.1, -0.05) is 24.1 Å². The third kappa shape index (κ3) is 4.28.